The van der Waals surface area contributed by atoms with Crippen LogP contribution < -0.4 is 10.4 Å². The molecule has 0 aliphatic carbocycles. The van der Waals surface area contributed by atoms with Crippen LogP contribution in [0.15, 0.2) is 24.3 Å². The number of hydroxylamine groups is 1. The Morgan fingerprint density at radius 2 is 2.00 bits per heavy atom. The molecule has 0 saturated heterocycles. The number of hydrogen-bond acceptors (Lipinski definition) is 4. The highest BCUT2D eigenvalue weighted by Crippen LogP contribution is 2.20. The van der Waals surface area contributed by atoms with Gasteiger partial charge in [0.15, 0.2) is 0 Å². The third kappa shape index (κ3) is 3.21. The summed E-state index contributed by atoms with van der Waals surface area (Å²) in [6, 6.07) is 5.48. The number of hydrogen-bond donors (Lipinski definition) is 2. The van der Waals surface area contributed by atoms with Gasteiger partial charge in [0.2, 0.25) is 0 Å². The molecule has 0 bridgehead atoms. The Morgan fingerprint density at radius 1 is 1.33 bits per heavy atom. The first-order valence-corrected chi connectivity index (χ1v) is 5.64. The van der Waals surface area contributed by atoms with Gasteiger partial charge in [0.05, 0.1) is 17.9 Å². The minimum absolute atomic E-state index is 0.0851. The van der Waals surface area contributed by atoms with Crippen molar-refractivity contribution in [1.29, 1.82) is 0 Å². The molecule has 2 N–H and O–H groups in total. The zero-order chi connectivity index (χ0) is 13.5. The van der Waals surface area contributed by atoms with E-state index in [1.165, 1.54) is 12.1 Å². The Kier molecular flexibility index (Phi) is 5.13. The largest absolute Gasteiger partial charge is 0.462 e. The zero-order valence-corrected chi connectivity index (χ0v) is 10.3. The van der Waals surface area contributed by atoms with Crippen molar-refractivity contribution in [2.75, 3.05) is 18.2 Å². The molecule has 6 heteroatoms. The summed E-state index contributed by atoms with van der Waals surface area (Å²) in [5, 5.41) is 12.6. The maximum absolute atomic E-state index is 11.7. The van der Waals surface area contributed by atoms with E-state index in [9.17, 15) is 14.8 Å². The molecule has 1 rings (SSSR count). The molecule has 0 atom stereocenters. The van der Waals surface area contributed by atoms with Gasteiger partial charge >= 0.3 is 12.0 Å². The zero-order valence-electron chi connectivity index (χ0n) is 10.3. The summed E-state index contributed by atoms with van der Waals surface area (Å²) in [7, 11) is 0. The lowest BCUT2D eigenvalue weighted by Gasteiger charge is -2.17. The Bertz CT molecular complexity index is 434. The van der Waals surface area contributed by atoms with Crippen molar-refractivity contribution < 1.29 is 19.5 Å². The highest BCUT2D eigenvalue weighted by atomic mass is 16.5. The summed E-state index contributed by atoms with van der Waals surface area (Å²) >= 11 is 0. The van der Waals surface area contributed by atoms with E-state index in [4.69, 9.17) is 4.74 Å². The van der Waals surface area contributed by atoms with Crippen LogP contribution in [0.4, 0.5) is 10.5 Å². The van der Waals surface area contributed by atoms with Crippen LogP contribution in [0.2, 0.25) is 0 Å². The number of para-hydroxylation sites is 1. The molecule has 0 radical (unpaired) electrons. The van der Waals surface area contributed by atoms with Crippen molar-refractivity contribution in [1.82, 2.24) is 5.32 Å². The molecule has 6 nitrogen and oxygen atoms in total. The van der Waals surface area contributed by atoms with Gasteiger partial charge in [-0.2, -0.15) is 5.06 Å². The fourth-order valence-corrected chi connectivity index (χ4v) is 1.38. The van der Waals surface area contributed by atoms with E-state index in [-0.39, 0.29) is 17.9 Å². The van der Waals surface area contributed by atoms with Gasteiger partial charge in [-0.05, 0) is 26.0 Å². The maximum atomic E-state index is 11.7. The topological polar surface area (TPSA) is 78.9 Å². The van der Waals surface area contributed by atoms with Gasteiger partial charge in [-0.25, -0.2) is 9.59 Å². The molecule has 0 spiro atoms. The highest BCUT2D eigenvalue weighted by molar-refractivity contribution is 6.00. The van der Waals surface area contributed by atoms with Crippen LogP contribution in [0.25, 0.3) is 0 Å². The maximum Gasteiger partial charge on any atom is 0.345 e. The van der Waals surface area contributed by atoms with Gasteiger partial charge in [-0.15, -0.1) is 0 Å². The number of ether oxygens (including phenoxy) is 1. The Morgan fingerprint density at radius 3 is 2.61 bits per heavy atom. The van der Waals surface area contributed by atoms with Crippen molar-refractivity contribution in [2.45, 2.75) is 13.8 Å². The van der Waals surface area contributed by atoms with E-state index in [1.807, 2.05) is 0 Å². The number of nitrogens with one attached hydrogen (secondary N) is 1. The summed E-state index contributed by atoms with van der Waals surface area (Å²) in [4.78, 5) is 23.1. The smallest absolute Gasteiger partial charge is 0.345 e. The Hall–Kier alpha value is -2.08. The molecule has 0 saturated carbocycles. The molecular formula is C12H16N2O4. The van der Waals surface area contributed by atoms with Gasteiger partial charge in [-0.3, -0.25) is 5.21 Å². The number of carbonyl (C=O) groups excluding carboxylic acids is 2. The molecule has 0 unspecified atom stereocenters. The van der Waals surface area contributed by atoms with Crippen molar-refractivity contribution in [3.05, 3.63) is 29.8 Å². The number of esters is 1. The predicted octanol–water partition coefficient (Wildman–Crippen LogP) is 1.79. The van der Waals surface area contributed by atoms with Crippen molar-refractivity contribution in [3.8, 4) is 0 Å². The predicted molar refractivity (Wildman–Crippen MR) is 65.7 cm³/mol. The second kappa shape index (κ2) is 6.61. The summed E-state index contributed by atoms with van der Waals surface area (Å²) in [6.07, 6.45) is 0. The molecule has 0 aromatic heterocycles. The second-order valence-corrected chi connectivity index (χ2v) is 3.38. The second-order valence-electron chi connectivity index (χ2n) is 3.38. The van der Waals surface area contributed by atoms with E-state index in [1.54, 1.807) is 26.0 Å². The number of rotatable bonds is 4. The average Bonchev–Trinajstić information content (AvgIpc) is 2.38. The van der Waals surface area contributed by atoms with Gasteiger partial charge < -0.3 is 10.1 Å². The van der Waals surface area contributed by atoms with Gasteiger partial charge in [0.25, 0.3) is 0 Å². The molecule has 0 aliphatic heterocycles. The third-order valence-electron chi connectivity index (χ3n) is 2.15. The van der Waals surface area contributed by atoms with Gasteiger partial charge in [-0.1, -0.05) is 12.1 Å². The van der Waals surface area contributed by atoms with Crippen molar-refractivity contribution >= 4 is 17.7 Å². The molecular weight excluding hydrogens is 236 g/mol. The molecule has 0 fully saturated rings. The van der Waals surface area contributed by atoms with Crippen LogP contribution in [-0.4, -0.2) is 30.4 Å². The lowest BCUT2D eigenvalue weighted by Crippen LogP contribution is -2.38. The number of carbonyl (C=O) groups is 2. The minimum Gasteiger partial charge on any atom is -0.462 e. The summed E-state index contributed by atoms with van der Waals surface area (Å²) < 4.78 is 4.85. The van der Waals surface area contributed by atoms with Crippen LogP contribution in [0, 0.1) is 0 Å². The number of anilines is 1. The van der Waals surface area contributed by atoms with Crippen LogP contribution in [0.1, 0.15) is 24.2 Å². The first kappa shape index (κ1) is 14.0. The highest BCUT2D eigenvalue weighted by Gasteiger charge is 2.20. The Labute approximate surface area is 105 Å². The van der Waals surface area contributed by atoms with Crippen LogP contribution in [0.5, 0.6) is 0 Å². The molecule has 2 amide bonds. The van der Waals surface area contributed by atoms with E-state index in [2.05, 4.69) is 5.32 Å². The molecule has 1 aromatic rings. The lowest BCUT2D eigenvalue weighted by molar-refractivity contribution is 0.0526. The minimum atomic E-state index is -0.700. The van der Waals surface area contributed by atoms with Crippen LogP contribution in [0.3, 0.4) is 0 Å². The van der Waals surface area contributed by atoms with Crippen molar-refractivity contribution in [3.63, 3.8) is 0 Å². The molecule has 0 aliphatic rings. The number of nitrogens with zero attached hydrogens (tertiary/aromatic N) is 1. The van der Waals surface area contributed by atoms with Crippen LogP contribution >= 0.6 is 0 Å². The van der Waals surface area contributed by atoms with Gasteiger partial charge in [0, 0.05) is 6.54 Å². The third-order valence-corrected chi connectivity index (χ3v) is 2.15. The van der Waals surface area contributed by atoms with E-state index in [0.717, 1.165) is 0 Å². The summed E-state index contributed by atoms with van der Waals surface area (Å²) in [5.41, 5.74) is 0.218. The monoisotopic (exact) mass is 252 g/mol. The number of benzene rings is 1. The van der Waals surface area contributed by atoms with Gasteiger partial charge in [0.1, 0.15) is 0 Å². The molecule has 0 heterocycles. The van der Waals surface area contributed by atoms with E-state index in [0.29, 0.717) is 11.6 Å². The molecule has 98 valence electrons. The molecule has 1 aromatic carbocycles. The standard InChI is InChI=1S/C12H16N2O4/c1-3-13-12(16)14(17)10-8-6-5-7-9(10)11(15)18-4-2/h5-8,17H,3-4H2,1-2H3,(H,13,16). The first-order chi connectivity index (χ1) is 8.61. The SMILES string of the molecule is CCNC(=O)N(O)c1ccccc1C(=O)OCC. The quantitative estimate of drug-likeness (QED) is 0.486. The number of urea groups is 1. The average molecular weight is 252 g/mol. The fourth-order valence-electron chi connectivity index (χ4n) is 1.38. The number of amides is 2. The lowest BCUT2D eigenvalue weighted by atomic mass is 10.2. The summed E-state index contributed by atoms with van der Waals surface area (Å²) in [5.74, 6) is -0.587. The van der Waals surface area contributed by atoms with E-state index >= 15 is 0 Å². The van der Waals surface area contributed by atoms with Crippen LogP contribution in [-0.2, 0) is 4.74 Å². The van der Waals surface area contributed by atoms with Crippen molar-refractivity contribution in [2.24, 2.45) is 0 Å². The van der Waals surface area contributed by atoms with E-state index < -0.39 is 12.0 Å². The Balaban J connectivity index is 3.01. The first-order valence-electron chi connectivity index (χ1n) is 5.64. The summed E-state index contributed by atoms with van der Waals surface area (Å²) in [6.45, 7) is 4.00. The fraction of sp³-hybridized carbons (Fsp3) is 0.333. The normalized spacial score (nSPS) is 9.72. The molecule has 18 heavy (non-hydrogen) atoms.